The number of thioether (sulfide) groups is 1. The molecular weight excluding hydrogens is 328 g/mol. The second-order valence-electron chi connectivity index (χ2n) is 4.09. The number of nitrogens with one attached hydrogen (secondary N) is 2. The van der Waals surface area contributed by atoms with E-state index in [2.05, 4.69) is 26.2 Å². The van der Waals surface area contributed by atoms with Crippen molar-refractivity contribution in [2.24, 2.45) is 0 Å². The Morgan fingerprint density at radius 3 is 2.91 bits per heavy atom. The molecule has 8 nitrogen and oxygen atoms in total. The number of likely N-dealkylation sites (N-methyl/N-ethyl adjacent to an activating group) is 1. The quantitative estimate of drug-likeness (QED) is 0.732. The Morgan fingerprint density at radius 2 is 2.18 bits per heavy atom. The van der Waals surface area contributed by atoms with E-state index in [1.54, 1.807) is 24.3 Å². The summed E-state index contributed by atoms with van der Waals surface area (Å²) in [6.07, 6.45) is 0. The molecule has 116 valence electrons. The van der Waals surface area contributed by atoms with Crippen molar-refractivity contribution in [3.05, 3.63) is 29.3 Å². The lowest BCUT2D eigenvalue weighted by Crippen LogP contribution is -2.36. The van der Waals surface area contributed by atoms with E-state index < -0.39 is 0 Å². The summed E-state index contributed by atoms with van der Waals surface area (Å²) in [6, 6.07) is 7.05. The van der Waals surface area contributed by atoms with Gasteiger partial charge in [-0.25, -0.2) is 0 Å². The van der Waals surface area contributed by atoms with Gasteiger partial charge >= 0.3 is 0 Å². The van der Waals surface area contributed by atoms with Gasteiger partial charge in [0.15, 0.2) is 0 Å². The van der Waals surface area contributed by atoms with Gasteiger partial charge in [0.1, 0.15) is 0 Å². The molecule has 2 rings (SSSR count). The number of rotatable bonds is 6. The summed E-state index contributed by atoms with van der Waals surface area (Å²) >= 11 is 7.10. The molecule has 0 bridgehead atoms. The topological polar surface area (TPSA) is 102 Å². The number of carbonyl (C=O) groups is 2. The van der Waals surface area contributed by atoms with Crippen LogP contribution in [0.25, 0.3) is 5.69 Å². The molecule has 0 aliphatic heterocycles. The van der Waals surface area contributed by atoms with Crippen molar-refractivity contribution in [2.75, 3.05) is 19.3 Å². The van der Waals surface area contributed by atoms with E-state index in [0.29, 0.717) is 15.9 Å². The number of nitrogens with zero attached hydrogens (tertiary/aromatic N) is 4. The monoisotopic (exact) mass is 340 g/mol. The van der Waals surface area contributed by atoms with Crippen LogP contribution in [0.1, 0.15) is 0 Å². The third-order valence-electron chi connectivity index (χ3n) is 2.55. The van der Waals surface area contributed by atoms with Crippen LogP contribution in [0.3, 0.4) is 0 Å². The van der Waals surface area contributed by atoms with Crippen LogP contribution in [-0.4, -0.2) is 51.4 Å². The molecule has 1 aromatic heterocycles. The fourth-order valence-electron chi connectivity index (χ4n) is 1.49. The lowest BCUT2D eigenvalue weighted by molar-refractivity contribution is -0.124. The van der Waals surface area contributed by atoms with Gasteiger partial charge in [-0.15, -0.1) is 5.10 Å². The molecule has 0 saturated heterocycles. The van der Waals surface area contributed by atoms with Crippen molar-refractivity contribution >= 4 is 35.2 Å². The third-order valence-corrected chi connectivity index (χ3v) is 3.71. The fraction of sp³-hybridized carbons (Fsp3) is 0.250. The SMILES string of the molecule is CNC(=O)CNC(=O)CSc1nnnn1-c1cccc(Cl)c1. The number of carbonyl (C=O) groups excluding carboxylic acids is 2. The highest BCUT2D eigenvalue weighted by Crippen LogP contribution is 2.20. The number of amides is 2. The summed E-state index contributed by atoms with van der Waals surface area (Å²) in [5.74, 6) is -0.450. The van der Waals surface area contributed by atoms with Crippen LogP contribution in [0, 0.1) is 0 Å². The maximum Gasteiger partial charge on any atom is 0.239 e. The largest absolute Gasteiger partial charge is 0.358 e. The lowest BCUT2D eigenvalue weighted by Gasteiger charge is -2.05. The summed E-state index contributed by atoms with van der Waals surface area (Å²) < 4.78 is 1.49. The minimum atomic E-state index is -0.283. The van der Waals surface area contributed by atoms with Crippen LogP contribution in [0.2, 0.25) is 5.02 Å². The number of halogens is 1. The molecule has 0 atom stereocenters. The minimum Gasteiger partial charge on any atom is -0.358 e. The van der Waals surface area contributed by atoms with Gasteiger partial charge in [0.05, 0.1) is 18.0 Å². The van der Waals surface area contributed by atoms with Crippen LogP contribution in [0.4, 0.5) is 0 Å². The standard InChI is InChI=1S/C12H13ClN6O2S/c1-14-10(20)6-15-11(21)7-22-12-16-17-18-19(12)9-4-2-3-8(13)5-9/h2-5H,6-7H2,1H3,(H,14,20)(H,15,21). The summed E-state index contributed by atoms with van der Waals surface area (Å²) in [7, 11) is 1.50. The molecular formula is C12H13ClN6O2S. The average molecular weight is 341 g/mol. The lowest BCUT2D eigenvalue weighted by atomic mass is 10.3. The highest BCUT2D eigenvalue weighted by atomic mass is 35.5. The molecule has 0 aliphatic rings. The third kappa shape index (κ3) is 4.43. The number of aromatic nitrogens is 4. The molecule has 0 radical (unpaired) electrons. The molecule has 0 aliphatic carbocycles. The Bertz CT molecular complexity index is 677. The zero-order valence-corrected chi connectivity index (χ0v) is 13.2. The van der Waals surface area contributed by atoms with Gasteiger partial charge in [-0.3, -0.25) is 9.59 Å². The second kappa shape index (κ2) is 7.76. The molecule has 1 heterocycles. The van der Waals surface area contributed by atoms with Crippen LogP contribution in [0.15, 0.2) is 29.4 Å². The molecule has 22 heavy (non-hydrogen) atoms. The Morgan fingerprint density at radius 1 is 1.36 bits per heavy atom. The number of hydrogen-bond acceptors (Lipinski definition) is 6. The van der Waals surface area contributed by atoms with E-state index in [-0.39, 0.29) is 24.1 Å². The zero-order valence-electron chi connectivity index (χ0n) is 11.6. The molecule has 2 aromatic rings. The molecule has 0 unspecified atom stereocenters. The first-order valence-electron chi connectivity index (χ1n) is 6.24. The van der Waals surface area contributed by atoms with Crippen molar-refractivity contribution in [2.45, 2.75) is 5.16 Å². The predicted octanol–water partition coefficient (Wildman–Crippen LogP) is 0.270. The average Bonchev–Trinajstić information content (AvgIpc) is 2.99. The fourth-order valence-corrected chi connectivity index (χ4v) is 2.39. The highest BCUT2D eigenvalue weighted by Gasteiger charge is 2.12. The van der Waals surface area contributed by atoms with Crippen LogP contribution in [0.5, 0.6) is 0 Å². The molecule has 2 amide bonds. The van der Waals surface area contributed by atoms with Gasteiger partial charge in [0.25, 0.3) is 0 Å². The molecule has 10 heteroatoms. The van der Waals surface area contributed by atoms with Crippen molar-refractivity contribution in [1.29, 1.82) is 0 Å². The van der Waals surface area contributed by atoms with Gasteiger partial charge in [0, 0.05) is 12.1 Å². The van der Waals surface area contributed by atoms with Gasteiger partial charge < -0.3 is 10.6 Å². The van der Waals surface area contributed by atoms with E-state index in [1.165, 1.54) is 11.7 Å². The molecule has 0 spiro atoms. The minimum absolute atomic E-state index is 0.0604. The van der Waals surface area contributed by atoms with Crippen molar-refractivity contribution in [3.63, 3.8) is 0 Å². The Hall–Kier alpha value is -2.13. The Balaban J connectivity index is 1.96. The maximum atomic E-state index is 11.6. The number of tetrazole rings is 1. The Kier molecular flexibility index (Phi) is 5.73. The number of hydrogen-bond donors (Lipinski definition) is 2. The summed E-state index contributed by atoms with van der Waals surface area (Å²) in [6.45, 7) is -0.0604. The van der Waals surface area contributed by atoms with Crippen LogP contribution >= 0.6 is 23.4 Å². The van der Waals surface area contributed by atoms with Gasteiger partial charge in [-0.05, 0) is 28.6 Å². The van der Waals surface area contributed by atoms with Gasteiger partial charge in [-0.2, -0.15) is 4.68 Å². The summed E-state index contributed by atoms with van der Waals surface area (Å²) in [5, 5.41) is 17.3. The summed E-state index contributed by atoms with van der Waals surface area (Å²) in [5.41, 5.74) is 0.700. The molecule has 0 fully saturated rings. The number of benzene rings is 1. The zero-order chi connectivity index (χ0) is 15.9. The predicted molar refractivity (Wildman–Crippen MR) is 82.0 cm³/mol. The van der Waals surface area contributed by atoms with E-state index in [0.717, 1.165) is 11.8 Å². The van der Waals surface area contributed by atoms with E-state index in [9.17, 15) is 9.59 Å². The van der Waals surface area contributed by atoms with Crippen molar-refractivity contribution in [1.82, 2.24) is 30.8 Å². The summed E-state index contributed by atoms with van der Waals surface area (Å²) in [4.78, 5) is 22.7. The van der Waals surface area contributed by atoms with Crippen LogP contribution in [-0.2, 0) is 9.59 Å². The first kappa shape index (κ1) is 16.2. The maximum absolute atomic E-state index is 11.6. The molecule has 2 N–H and O–H groups in total. The molecule has 0 saturated carbocycles. The van der Waals surface area contributed by atoms with Crippen molar-refractivity contribution < 1.29 is 9.59 Å². The highest BCUT2D eigenvalue weighted by molar-refractivity contribution is 7.99. The van der Waals surface area contributed by atoms with E-state index >= 15 is 0 Å². The smallest absolute Gasteiger partial charge is 0.239 e. The first-order valence-corrected chi connectivity index (χ1v) is 7.61. The Labute approximate surface area is 135 Å². The van der Waals surface area contributed by atoms with Gasteiger partial charge in [-0.1, -0.05) is 29.4 Å². The normalized spacial score (nSPS) is 10.3. The second-order valence-corrected chi connectivity index (χ2v) is 5.47. The van der Waals surface area contributed by atoms with E-state index in [4.69, 9.17) is 11.6 Å². The van der Waals surface area contributed by atoms with Gasteiger partial charge in [0.2, 0.25) is 17.0 Å². The van der Waals surface area contributed by atoms with Crippen molar-refractivity contribution in [3.8, 4) is 5.69 Å². The first-order chi connectivity index (χ1) is 10.6. The van der Waals surface area contributed by atoms with E-state index in [1.807, 2.05) is 0 Å². The molecule has 1 aromatic carbocycles. The van der Waals surface area contributed by atoms with Crippen LogP contribution < -0.4 is 10.6 Å².